The molecule has 21 heavy (non-hydrogen) atoms. The van der Waals surface area contributed by atoms with Gasteiger partial charge in [0.1, 0.15) is 6.04 Å². The fourth-order valence-corrected chi connectivity index (χ4v) is 2.68. The molecule has 1 aliphatic heterocycles. The monoisotopic (exact) mass is 310 g/mol. The van der Waals surface area contributed by atoms with Gasteiger partial charge in [0, 0.05) is 36.8 Å². The average molecular weight is 311 g/mol. The fraction of sp³-hybridized carbons (Fsp3) is 0.467. The molecule has 0 saturated carbocycles. The Morgan fingerprint density at radius 2 is 2.00 bits per heavy atom. The van der Waals surface area contributed by atoms with Crippen LogP contribution < -0.4 is 0 Å². The van der Waals surface area contributed by atoms with Gasteiger partial charge in [0.2, 0.25) is 0 Å². The lowest BCUT2D eigenvalue weighted by molar-refractivity contribution is -0.142. The van der Waals surface area contributed by atoms with Gasteiger partial charge < -0.3 is 10.0 Å². The zero-order valence-corrected chi connectivity index (χ0v) is 12.7. The first-order valence-corrected chi connectivity index (χ1v) is 7.38. The third-order valence-corrected chi connectivity index (χ3v) is 4.03. The minimum Gasteiger partial charge on any atom is -0.480 e. The van der Waals surface area contributed by atoms with Crippen molar-refractivity contribution in [2.24, 2.45) is 0 Å². The molecule has 114 valence electrons. The first-order valence-electron chi connectivity index (χ1n) is 7.00. The van der Waals surface area contributed by atoms with Gasteiger partial charge in [-0.15, -0.1) is 0 Å². The number of nitrogens with zero attached hydrogens (tertiary/aromatic N) is 2. The number of carbonyl (C=O) groups is 2. The minimum atomic E-state index is -0.829. The number of amides is 1. The van der Waals surface area contributed by atoms with Crippen LogP contribution in [-0.4, -0.2) is 59.0 Å². The molecule has 0 spiro atoms. The van der Waals surface area contributed by atoms with Crippen LogP contribution in [-0.2, 0) is 4.79 Å². The van der Waals surface area contributed by atoms with Gasteiger partial charge in [-0.1, -0.05) is 17.7 Å². The second-order valence-electron chi connectivity index (χ2n) is 5.21. The molecule has 1 N–H and O–H groups in total. The zero-order chi connectivity index (χ0) is 15.4. The van der Waals surface area contributed by atoms with E-state index in [9.17, 15) is 9.59 Å². The van der Waals surface area contributed by atoms with E-state index >= 15 is 0 Å². The van der Waals surface area contributed by atoms with Gasteiger partial charge in [-0.25, -0.2) is 0 Å². The van der Waals surface area contributed by atoms with E-state index in [1.54, 1.807) is 36.1 Å². The lowest BCUT2D eigenvalue weighted by Gasteiger charge is -2.24. The van der Waals surface area contributed by atoms with Crippen LogP contribution >= 0.6 is 11.6 Å². The molecule has 1 unspecified atom stereocenters. The van der Waals surface area contributed by atoms with Crippen molar-refractivity contribution in [2.75, 3.05) is 26.2 Å². The van der Waals surface area contributed by atoms with Crippen LogP contribution in [0.1, 0.15) is 23.7 Å². The first-order chi connectivity index (χ1) is 9.99. The van der Waals surface area contributed by atoms with E-state index in [0.717, 1.165) is 6.42 Å². The number of carbonyl (C=O) groups excluding carboxylic acids is 1. The number of carboxylic acid groups (broad SMARTS) is 1. The third-order valence-electron chi connectivity index (χ3n) is 3.79. The smallest absolute Gasteiger partial charge is 0.320 e. The predicted octanol–water partition coefficient (Wildman–Crippen LogP) is 1.96. The number of carboxylic acids is 1. The van der Waals surface area contributed by atoms with Gasteiger partial charge in [-0.05, 0) is 31.5 Å². The van der Waals surface area contributed by atoms with E-state index < -0.39 is 12.0 Å². The summed E-state index contributed by atoms with van der Waals surface area (Å²) >= 11 is 5.92. The SMILES string of the molecule is CC(C(=O)O)N1CCCN(C(=O)c2cccc(Cl)c2)CC1. The number of hydrogen-bond acceptors (Lipinski definition) is 3. The third kappa shape index (κ3) is 3.95. The highest BCUT2D eigenvalue weighted by Gasteiger charge is 2.25. The lowest BCUT2D eigenvalue weighted by atomic mass is 10.2. The van der Waals surface area contributed by atoms with Crippen molar-refractivity contribution in [1.82, 2.24) is 9.80 Å². The Bertz CT molecular complexity index is 535. The van der Waals surface area contributed by atoms with Crippen molar-refractivity contribution in [1.29, 1.82) is 0 Å². The Kier molecular flexibility index (Phi) is 5.20. The fourth-order valence-electron chi connectivity index (χ4n) is 2.49. The molecular weight excluding hydrogens is 292 g/mol. The summed E-state index contributed by atoms with van der Waals surface area (Å²) in [5, 5.41) is 9.61. The van der Waals surface area contributed by atoms with Gasteiger partial charge in [-0.2, -0.15) is 0 Å². The topological polar surface area (TPSA) is 60.9 Å². The summed E-state index contributed by atoms with van der Waals surface area (Å²) in [4.78, 5) is 27.2. The van der Waals surface area contributed by atoms with Crippen LogP contribution in [0.5, 0.6) is 0 Å². The van der Waals surface area contributed by atoms with Crippen molar-refractivity contribution in [3.05, 3.63) is 34.9 Å². The van der Waals surface area contributed by atoms with E-state index in [0.29, 0.717) is 36.8 Å². The average Bonchev–Trinajstić information content (AvgIpc) is 2.71. The van der Waals surface area contributed by atoms with Gasteiger partial charge >= 0.3 is 5.97 Å². The van der Waals surface area contributed by atoms with Gasteiger partial charge in [-0.3, -0.25) is 14.5 Å². The largest absolute Gasteiger partial charge is 0.480 e. The van der Waals surface area contributed by atoms with Crippen LogP contribution in [0, 0.1) is 0 Å². The molecule has 5 nitrogen and oxygen atoms in total. The van der Waals surface area contributed by atoms with Crippen molar-refractivity contribution >= 4 is 23.5 Å². The summed E-state index contributed by atoms with van der Waals surface area (Å²) in [5.74, 6) is -0.882. The second-order valence-corrected chi connectivity index (χ2v) is 5.64. The number of aliphatic carboxylic acids is 1. The van der Waals surface area contributed by atoms with E-state index in [2.05, 4.69) is 0 Å². The number of benzene rings is 1. The first kappa shape index (κ1) is 15.8. The predicted molar refractivity (Wildman–Crippen MR) is 80.6 cm³/mol. The maximum Gasteiger partial charge on any atom is 0.320 e. The Morgan fingerprint density at radius 3 is 2.67 bits per heavy atom. The van der Waals surface area contributed by atoms with Crippen molar-refractivity contribution < 1.29 is 14.7 Å². The molecule has 1 heterocycles. The van der Waals surface area contributed by atoms with Crippen molar-refractivity contribution in [3.8, 4) is 0 Å². The summed E-state index contributed by atoms with van der Waals surface area (Å²) < 4.78 is 0. The molecule has 0 aromatic heterocycles. The van der Waals surface area contributed by atoms with Crippen LogP contribution in [0.4, 0.5) is 0 Å². The number of rotatable bonds is 3. The molecule has 0 radical (unpaired) electrons. The standard InChI is InChI=1S/C15H19ClN2O3/c1-11(15(20)21)17-6-3-7-18(9-8-17)14(19)12-4-2-5-13(16)10-12/h2,4-5,10-11H,3,6-9H2,1H3,(H,20,21). The Balaban J connectivity index is 2.03. The Labute approximate surface area is 129 Å². The molecule has 2 rings (SSSR count). The highest BCUT2D eigenvalue weighted by Crippen LogP contribution is 2.15. The van der Waals surface area contributed by atoms with E-state index in [1.807, 2.05) is 4.90 Å². The molecule has 1 aliphatic rings. The summed E-state index contributed by atoms with van der Waals surface area (Å²) in [7, 11) is 0. The van der Waals surface area contributed by atoms with Crippen molar-refractivity contribution in [3.63, 3.8) is 0 Å². The molecule has 1 aromatic rings. The van der Waals surface area contributed by atoms with Crippen LogP contribution in [0.25, 0.3) is 0 Å². The lowest BCUT2D eigenvalue weighted by Crippen LogP contribution is -2.42. The van der Waals surface area contributed by atoms with Crippen LogP contribution in [0.15, 0.2) is 24.3 Å². The molecule has 0 bridgehead atoms. The van der Waals surface area contributed by atoms with Gasteiger partial charge in [0.05, 0.1) is 0 Å². The maximum absolute atomic E-state index is 12.4. The second kappa shape index (κ2) is 6.91. The summed E-state index contributed by atoms with van der Waals surface area (Å²) in [5.41, 5.74) is 0.572. The number of hydrogen-bond donors (Lipinski definition) is 1. The van der Waals surface area contributed by atoms with Gasteiger partial charge in [0.15, 0.2) is 0 Å². The molecular formula is C15H19ClN2O3. The highest BCUT2D eigenvalue weighted by atomic mass is 35.5. The molecule has 1 atom stereocenters. The Hall–Kier alpha value is -1.59. The quantitative estimate of drug-likeness (QED) is 0.927. The van der Waals surface area contributed by atoms with E-state index in [-0.39, 0.29) is 5.91 Å². The highest BCUT2D eigenvalue weighted by molar-refractivity contribution is 6.30. The molecule has 1 amide bonds. The summed E-state index contributed by atoms with van der Waals surface area (Å²) in [6.45, 7) is 4.10. The normalized spacial score (nSPS) is 18.1. The van der Waals surface area contributed by atoms with E-state index in [4.69, 9.17) is 16.7 Å². The van der Waals surface area contributed by atoms with Gasteiger partial charge in [0.25, 0.3) is 5.91 Å². The summed E-state index contributed by atoms with van der Waals surface area (Å²) in [6.07, 6.45) is 0.768. The van der Waals surface area contributed by atoms with Crippen LogP contribution in [0.3, 0.4) is 0 Å². The number of halogens is 1. The zero-order valence-electron chi connectivity index (χ0n) is 12.0. The van der Waals surface area contributed by atoms with E-state index in [1.165, 1.54) is 0 Å². The Morgan fingerprint density at radius 1 is 1.24 bits per heavy atom. The molecule has 1 fully saturated rings. The minimum absolute atomic E-state index is 0.0534. The molecule has 6 heteroatoms. The van der Waals surface area contributed by atoms with Crippen LogP contribution in [0.2, 0.25) is 5.02 Å². The molecule has 1 saturated heterocycles. The summed E-state index contributed by atoms with van der Waals surface area (Å²) in [6, 6.07) is 6.37. The molecule has 1 aromatic carbocycles. The maximum atomic E-state index is 12.4. The van der Waals surface area contributed by atoms with Crippen molar-refractivity contribution in [2.45, 2.75) is 19.4 Å². The molecule has 0 aliphatic carbocycles.